The molecule has 1 unspecified atom stereocenters. The Morgan fingerprint density at radius 1 is 0.839 bits per heavy atom. The number of benzene rings is 3. The number of hydrogen-bond acceptors (Lipinski definition) is 2. The minimum Gasteiger partial charge on any atom is -0.273 e. The lowest BCUT2D eigenvalue weighted by Crippen LogP contribution is -2.47. The van der Waals surface area contributed by atoms with Crippen LogP contribution in [0.4, 0.5) is 14.5 Å². The molecule has 3 nitrogen and oxygen atoms in total. The van der Waals surface area contributed by atoms with Gasteiger partial charge in [-0.25, -0.2) is 13.7 Å². The predicted molar refractivity (Wildman–Crippen MR) is 113 cm³/mol. The van der Waals surface area contributed by atoms with Gasteiger partial charge >= 0.3 is 0 Å². The van der Waals surface area contributed by atoms with Gasteiger partial charge in [0.2, 0.25) is 5.91 Å². The molecule has 5 rings (SSSR count). The van der Waals surface area contributed by atoms with Crippen molar-refractivity contribution in [3.63, 3.8) is 0 Å². The molecule has 5 heteroatoms. The van der Waals surface area contributed by atoms with E-state index in [1.807, 2.05) is 30.3 Å². The van der Waals surface area contributed by atoms with Crippen molar-refractivity contribution in [1.82, 2.24) is 0 Å². The fraction of sp³-hybridized carbons (Fsp3) is 0.0769. The van der Waals surface area contributed by atoms with Crippen LogP contribution in [0.25, 0.3) is 5.57 Å². The highest BCUT2D eigenvalue weighted by Crippen LogP contribution is 2.39. The van der Waals surface area contributed by atoms with Gasteiger partial charge in [-0.05, 0) is 41.8 Å². The van der Waals surface area contributed by atoms with Crippen molar-refractivity contribution < 1.29 is 18.4 Å². The highest BCUT2D eigenvalue weighted by Gasteiger charge is 2.42. The molecule has 0 aromatic heterocycles. The fourth-order valence-electron chi connectivity index (χ4n) is 4.01. The first-order valence-electron chi connectivity index (χ1n) is 9.77. The third-order valence-electron chi connectivity index (χ3n) is 5.45. The van der Waals surface area contributed by atoms with Crippen LogP contribution in [0.15, 0.2) is 72.8 Å². The minimum atomic E-state index is -1.01. The molecular formula is C26H15F2NO2. The Labute approximate surface area is 177 Å². The summed E-state index contributed by atoms with van der Waals surface area (Å²) in [6.07, 6.45) is 1.98. The van der Waals surface area contributed by atoms with E-state index < -0.39 is 35.1 Å². The molecule has 0 fully saturated rings. The van der Waals surface area contributed by atoms with E-state index in [0.717, 1.165) is 17.7 Å². The number of carbonyl (C=O) groups excluding carboxylic acids is 2. The van der Waals surface area contributed by atoms with Gasteiger partial charge < -0.3 is 0 Å². The van der Waals surface area contributed by atoms with Crippen LogP contribution in [0.3, 0.4) is 0 Å². The molecule has 3 aromatic carbocycles. The van der Waals surface area contributed by atoms with E-state index in [1.165, 1.54) is 0 Å². The highest BCUT2D eigenvalue weighted by atomic mass is 19.1. The molecular weight excluding hydrogens is 396 g/mol. The van der Waals surface area contributed by atoms with Crippen molar-refractivity contribution in [2.24, 2.45) is 5.92 Å². The number of carbonyl (C=O) groups is 2. The number of anilines is 1. The number of imide groups is 1. The maximum atomic E-state index is 15.0. The molecule has 0 radical (unpaired) electrons. The molecule has 1 aliphatic heterocycles. The van der Waals surface area contributed by atoms with Crippen LogP contribution in [0, 0.1) is 29.4 Å². The number of rotatable bonds is 1. The third kappa shape index (κ3) is 3.23. The Morgan fingerprint density at radius 3 is 2.23 bits per heavy atom. The number of halogens is 2. The summed E-state index contributed by atoms with van der Waals surface area (Å²) in [5.41, 5.74) is 2.01. The highest BCUT2D eigenvalue weighted by molar-refractivity contribution is 6.37. The Kier molecular flexibility index (Phi) is 4.48. The largest absolute Gasteiger partial charge is 0.273 e. The van der Waals surface area contributed by atoms with Gasteiger partial charge in [-0.1, -0.05) is 60.4 Å². The van der Waals surface area contributed by atoms with E-state index in [-0.39, 0.29) is 11.1 Å². The van der Waals surface area contributed by atoms with Gasteiger partial charge in [0, 0.05) is 16.7 Å². The summed E-state index contributed by atoms with van der Waals surface area (Å²) in [6, 6.07) is 18.4. The fourth-order valence-corrected chi connectivity index (χ4v) is 4.01. The van der Waals surface area contributed by atoms with E-state index in [2.05, 4.69) is 11.8 Å². The van der Waals surface area contributed by atoms with Crippen LogP contribution in [-0.2, 0) is 16.0 Å². The average Bonchev–Trinajstić information content (AvgIpc) is 2.78. The predicted octanol–water partition coefficient (Wildman–Crippen LogP) is 4.49. The Balaban J connectivity index is 1.54. The maximum absolute atomic E-state index is 15.0. The summed E-state index contributed by atoms with van der Waals surface area (Å²) in [5, 5.41) is 0. The van der Waals surface area contributed by atoms with Crippen LogP contribution >= 0.6 is 0 Å². The van der Waals surface area contributed by atoms with Crippen molar-refractivity contribution in [3.05, 3.63) is 107 Å². The summed E-state index contributed by atoms with van der Waals surface area (Å²) < 4.78 is 29.9. The van der Waals surface area contributed by atoms with Gasteiger partial charge in [-0.15, -0.1) is 0 Å². The SMILES string of the molecule is O=C1C2=CC(Cc3ccccc32)C(=O)N1c1c(F)cc(C#Cc2ccccc2)cc1F. The zero-order chi connectivity index (χ0) is 21.5. The van der Waals surface area contributed by atoms with Crippen molar-refractivity contribution in [1.29, 1.82) is 0 Å². The normalized spacial score (nSPS) is 16.9. The zero-order valence-corrected chi connectivity index (χ0v) is 16.2. The first-order valence-corrected chi connectivity index (χ1v) is 9.77. The lowest BCUT2D eigenvalue weighted by Gasteiger charge is -2.34. The smallest absolute Gasteiger partial charge is 0.265 e. The first-order chi connectivity index (χ1) is 15.0. The molecule has 2 amide bonds. The molecule has 0 N–H and O–H groups in total. The lowest BCUT2D eigenvalue weighted by molar-refractivity contribution is -0.126. The van der Waals surface area contributed by atoms with Gasteiger partial charge in [0.1, 0.15) is 5.69 Å². The number of hydrogen-bond donors (Lipinski definition) is 0. The molecule has 3 aromatic rings. The van der Waals surface area contributed by atoms with E-state index in [4.69, 9.17) is 0 Å². The van der Waals surface area contributed by atoms with Crippen LogP contribution in [0.2, 0.25) is 0 Å². The Bertz CT molecular complexity index is 1310. The Hall–Kier alpha value is -4.04. The topological polar surface area (TPSA) is 37.4 Å². The number of amides is 2. The molecule has 2 aliphatic rings. The van der Waals surface area contributed by atoms with E-state index in [0.29, 0.717) is 22.4 Å². The molecule has 0 spiro atoms. The quantitative estimate of drug-likeness (QED) is 0.437. The molecule has 1 heterocycles. The molecule has 31 heavy (non-hydrogen) atoms. The maximum Gasteiger partial charge on any atom is 0.265 e. The van der Waals surface area contributed by atoms with Crippen LogP contribution in [0.1, 0.15) is 22.3 Å². The van der Waals surface area contributed by atoms with Gasteiger partial charge in [0.25, 0.3) is 5.91 Å². The van der Waals surface area contributed by atoms with E-state index >= 15 is 0 Å². The van der Waals surface area contributed by atoms with Gasteiger partial charge in [0.05, 0.1) is 5.92 Å². The third-order valence-corrected chi connectivity index (χ3v) is 5.45. The average molecular weight is 411 g/mol. The summed E-state index contributed by atoms with van der Waals surface area (Å²) in [5.74, 6) is 1.54. The first kappa shape index (κ1) is 19.0. The minimum absolute atomic E-state index is 0.115. The summed E-state index contributed by atoms with van der Waals surface area (Å²) in [7, 11) is 0. The van der Waals surface area contributed by atoms with Gasteiger partial charge in [0.15, 0.2) is 11.6 Å². The van der Waals surface area contributed by atoms with Gasteiger partial charge in [-0.2, -0.15) is 0 Å². The molecule has 0 saturated carbocycles. The molecule has 0 saturated heterocycles. The van der Waals surface area contributed by atoms with Crippen molar-refractivity contribution >= 4 is 23.1 Å². The summed E-state index contributed by atoms with van der Waals surface area (Å²) >= 11 is 0. The van der Waals surface area contributed by atoms with Crippen LogP contribution in [-0.4, -0.2) is 11.8 Å². The van der Waals surface area contributed by atoms with E-state index in [1.54, 1.807) is 30.3 Å². The zero-order valence-electron chi connectivity index (χ0n) is 16.2. The second kappa shape index (κ2) is 7.33. The van der Waals surface area contributed by atoms with Gasteiger partial charge in [-0.3, -0.25) is 9.59 Å². The molecule has 1 aliphatic carbocycles. The van der Waals surface area contributed by atoms with E-state index in [9.17, 15) is 18.4 Å². The monoisotopic (exact) mass is 411 g/mol. The summed E-state index contributed by atoms with van der Waals surface area (Å²) in [4.78, 5) is 26.7. The second-order valence-electron chi connectivity index (χ2n) is 7.43. The number of nitrogens with zero attached hydrogens (tertiary/aromatic N) is 1. The molecule has 2 bridgehead atoms. The van der Waals surface area contributed by atoms with Crippen LogP contribution < -0.4 is 4.90 Å². The summed E-state index contributed by atoms with van der Waals surface area (Å²) in [6.45, 7) is 0. The Morgan fingerprint density at radius 2 is 1.48 bits per heavy atom. The van der Waals surface area contributed by atoms with Crippen molar-refractivity contribution in [2.45, 2.75) is 6.42 Å². The molecule has 150 valence electrons. The second-order valence-corrected chi connectivity index (χ2v) is 7.43. The van der Waals surface area contributed by atoms with Crippen molar-refractivity contribution in [3.8, 4) is 11.8 Å². The molecule has 1 atom stereocenters. The van der Waals surface area contributed by atoms with Crippen LogP contribution in [0.5, 0.6) is 0 Å². The lowest BCUT2D eigenvalue weighted by atomic mass is 9.80. The van der Waals surface area contributed by atoms with Crippen molar-refractivity contribution in [2.75, 3.05) is 4.90 Å². The number of fused-ring (bicyclic) bond motifs is 3. The standard InChI is InChI=1S/C26H15F2NO2/c27-22-12-17(11-10-16-6-2-1-3-7-16)13-23(28)24(22)29-25(30)19-14-18-8-4-5-9-20(18)21(15-19)26(29)31/h1-9,12-13,15,19H,14H2.